The van der Waals surface area contributed by atoms with Crippen LogP contribution in [0.3, 0.4) is 0 Å². The van der Waals surface area contributed by atoms with Crippen molar-refractivity contribution >= 4 is 11.9 Å². The summed E-state index contributed by atoms with van der Waals surface area (Å²) < 4.78 is 14.3. The molecule has 0 spiro atoms. The van der Waals surface area contributed by atoms with Gasteiger partial charge in [0, 0.05) is 19.1 Å². The van der Waals surface area contributed by atoms with E-state index in [-0.39, 0.29) is 5.57 Å². The second kappa shape index (κ2) is 8.87. The Bertz CT molecular complexity index is 248. The highest BCUT2D eigenvalue weighted by Gasteiger charge is 2.10. The van der Waals surface area contributed by atoms with Gasteiger partial charge in [0.25, 0.3) is 0 Å². The van der Waals surface area contributed by atoms with Crippen molar-refractivity contribution in [2.24, 2.45) is 0 Å². The smallest absolute Gasteiger partial charge is 0.341 e. The molecular formula is C10H16O6. The number of esters is 1. The van der Waals surface area contributed by atoms with E-state index in [1.54, 1.807) is 7.11 Å². The minimum absolute atomic E-state index is 0.193. The SMILES string of the molecule is C=C(CCOCCOC)C(=O)OCC(=O)O. The fraction of sp³-hybridized carbons (Fsp3) is 0.600. The highest BCUT2D eigenvalue weighted by Crippen LogP contribution is 2.01. The number of hydrogen-bond acceptors (Lipinski definition) is 5. The number of carbonyl (C=O) groups excluding carboxylic acids is 1. The second-order valence-electron chi connectivity index (χ2n) is 2.93. The van der Waals surface area contributed by atoms with Crippen LogP contribution in [0.15, 0.2) is 12.2 Å². The van der Waals surface area contributed by atoms with E-state index in [1.165, 1.54) is 0 Å². The van der Waals surface area contributed by atoms with Gasteiger partial charge < -0.3 is 19.3 Å². The normalized spacial score (nSPS) is 9.81. The fourth-order valence-electron chi connectivity index (χ4n) is 0.771. The van der Waals surface area contributed by atoms with Crippen molar-refractivity contribution in [3.05, 3.63) is 12.2 Å². The Morgan fingerprint density at radius 1 is 1.25 bits per heavy atom. The lowest BCUT2D eigenvalue weighted by atomic mass is 10.2. The van der Waals surface area contributed by atoms with Gasteiger partial charge in [-0.1, -0.05) is 6.58 Å². The van der Waals surface area contributed by atoms with Crippen LogP contribution in [0.5, 0.6) is 0 Å². The Hall–Kier alpha value is -1.40. The summed E-state index contributed by atoms with van der Waals surface area (Å²) in [6.45, 7) is 4.07. The van der Waals surface area contributed by atoms with E-state index in [0.717, 1.165) is 0 Å². The third-order valence-corrected chi connectivity index (χ3v) is 1.60. The first-order chi connectivity index (χ1) is 7.57. The summed E-state index contributed by atoms with van der Waals surface area (Å²) in [7, 11) is 1.56. The first-order valence-corrected chi connectivity index (χ1v) is 4.71. The quantitative estimate of drug-likeness (QED) is 0.348. The van der Waals surface area contributed by atoms with Gasteiger partial charge in [-0.2, -0.15) is 0 Å². The number of ether oxygens (including phenoxy) is 3. The molecule has 0 aliphatic heterocycles. The van der Waals surface area contributed by atoms with Crippen LogP contribution in [0.25, 0.3) is 0 Å². The van der Waals surface area contributed by atoms with Gasteiger partial charge >= 0.3 is 11.9 Å². The average molecular weight is 232 g/mol. The van der Waals surface area contributed by atoms with Crippen LogP contribution in [-0.2, 0) is 23.8 Å². The molecule has 0 heterocycles. The molecular weight excluding hydrogens is 216 g/mol. The van der Waals surface area contributed by atoms with Crippen molar-refractivity contribution in [2.45, 2.75) is 6.42 Å². The van der Waals surface area contributed by atoms with Crippen molar-refractivity contribution in [3.8, 4) is 0 Å². The molecule has 0 bridgehead atoms. The lowest BCUT2D eigenvalue weighted by Crippen LogP contribution is -2.15. The first-order valence-electron chi connectivity index (χ1n) is 4.71. The summed E-state index contributed by atoms with van der Waals surface area (Å²) in [6, 6.07) is 0. The molecule has 0 rings (SSSR count). The van der Waals surface area contributed by atoms with E-state index >= 15 is 0 Å². The molecule has 6 heteroatoms. The molecule has 0 saturated heterocycles. The Balaban J connectivity index is 3.55. The van der Waals surface area contributed by atoms with Gasteiger partial charge in [0.15, 0.2) is 6.61 Å². The van der Waals surface area contributed by atoms with E-state index in [2.05, 4.69) is 11.3 Å². The number of rotatable bonds is 9. The van der Waals surface area contributed by atoms with Gasteiger partial charge in [-0.15, -0.1) is 0 Å². The molecule has 0 aromatic carbocycles. The molecule has 0 aromatic rings. The molecule has 16 heavy (non-hydrogen) atoms. The summed E-state index contributed by atoms with van der Waals surface area (Å²) in [5, 5.41) is 8.27. The Morgan fingerprint density at radius 2 is 1.94 bits per heavy atom. The van der Waals surface area contributed by atoms with E-state index in [1.807, 2.05) is 0 Å². The summed E-state index contributed by atoms with van der Waals surface area (Å²) in [5.74, 6) is -1.91. The number of methoxy groups -OCH3 is 1. The molecule has 0 aliphatic carbocycles. The summed E-state index contributed by atoms with van der Waals surface area (Å²) in [4.78, 5) is 21.2. The van der Waals surface area contributed by atoms with Crippen molar-refractivity contribution < 1.29 is 28.9 Å². The third-order valence-electron chi connectivity index (χ3n) is 1.60. The second-order valence-corrected chi connectivity index (χ2v) is 2.93. The van der Waals surface area contributed by atoms with E-state index < -0.39 is 18.5 Å². The first kappa shape index (κ1) is 14.6. The lowest BCUT2D eigenvalue weighted by Gasteiger charge is -2.06. The molecule has 0 amide bonds. The fourth-order valence-corrected chi connectivity index (χ4v) is 0.771. The maximum absolute atomic E-state index is 11.1. The molecule has 1 N–H and O–H groups in total. The van der Waals surface area contributed by atoms with Gasteiger partial charge in [0.1, 0.15) is 0 Å². The molecule has 0 unspecified atom stereocenters. The largest absolute Gasteiger partial charge is 0.479 e. The third kappa shape index (κ3) is 7.95. The number of hydrogen-bond donors (Lipinski definition) is 1. The van der Waals surface area contributed by atoms with E-state index in [0.29, 0.717) is 26.2 Å². The zero-order valence-corrected chi connectivity index (χ0v) is 9.23. The zero-order chi connectivity index (χ0) is 12.4. The lowest BCUT2D eigenvalue weighted by molar-refractivity contribution is -0.152. The van der Waals surface area contributed by atoms with Crippen LogP contribution in [0.4, 0.5) is 0 Å². The molecule has 0 saturated carbocycles. The van der Waals surface area contributed by atoms with Gasteiger partial charge in [0.2, 0.25) is 0 Å². The molecule has 0 aromatic heterocycles. The van der Waals surface area contributed by atoms with Gasteiger partial charge in [0.05, 0.1) is 19.8 Å². The highest BCUT2D eigenvalue weighted by molar-refractivity contribution is 5.89. The van der Waals surface area contributed by atoms with Crippen LogP contribution < -0.4 is 0 Å². The Kier molecular flexibility index (Phi) is 8.10. The number of carboxylic acids is 1. The van der Waals surface area contributed by atoms with Gasteiger partial charge in [-0.25, -0.2) is 9.59 Å². The summed E-state index contributed by atoms with van der Waals surface area (Å²) >= 11 is 0. The van der Waals surface area contributed by atoms with Crippen LogP contribution in [0.2, 0.25) is 0 Å². The minimum atomic E-state index is -1.20. The topological polar surface area (TPSA) is 82.1 Å². The molecule has 0 aliphatic rings. The average Bonchev–Trinajstić information content (AvgIpc) is 2.25. The predicted molar refractivity (Wildman–Crippen MR) is 55.0 cm³/mol. The molecule has 92 valence electrons. The monoisotopic (exact) mass is 232 g/mol. The van der Waals surface area contributed by atoms with Crippen LogP contribution >= 0.6 is 0 Å². The summed E-state index contributed by atoms with van der Waals surface area (Å²) in [6.07, 6.45) is 0.308. The van der Waals surface area contributed by atoms with Gasteiger partial charge in [-0.05, 0) is 0 Å². The standard InChI is InChI=1S/C10H16O6/c1-8(3-4-15-6-5-14-2)10(13)16-7-9(11)12/h1,3-7H2,2H3,(H,11,12). The number of carboxylic acid groups (broad SMARTS) is 1. The molecule has 0 fully saturated rings. The summed E-state index contributed by atoms with van der Waals surface area (Å²) in [5.41, 5.74) is 0.193. The van der Waals surface area contributed by atoms with Crippen molar-refractivity contribution in [1.29, 1.82) is 0 Å². The molecule has 6 nitrogen and oxygen atoms in total. The molecule has 0 atom stereocenters. The van der Waals surface area contributed by atoms with Crippen LogP contribution in [0, 0.1) is 0 Å². The van der Waals surface area contributed by atoms with Crippen LogP contribution in [-0.4, -0.2) is 50.6 Å². The van der Waals surface area contributed by atoms with Crippen molar-refractivity contribution in [3.63, 3.8) is 0 Å². The highest BCUT2D eigenvalue weighted by atomic mass is 16.6. The maximum atomic E-state index is 11.1. The number of aliphatic carboxylic acids is 1. The van der Waals surface area contributed by atoms with Crippen molar-refractivity contribution in [1.82, 2.24) is 0 Å². The number of carbonyl (C=O) groups is 2. The Labute approximate surface area is 93.8 Å². The van der Waals surface area contributed by atoms with E-state index in [9.17, 15) is 9.59 Å². The van der Waals surface area contributed by atoms with Crippen molar-refractivity contribution in [2.75, 3.05) is 33.5 Å². The molecule has 0 radical (unpaired) electrons. The Morgan fingerprint density at radius 3 is 2.50 bits per heavy atom. The zero-order valence-electron chi connectivity index (χ0n) is 9.23. The van der Waals surface area contributed by atoms with Gasteiger partial charge in [-0.3, -0.25) is 0 Å². The van der Waals surface area contributed by atoms with Crippen LogP contribution in [0.1, 0.15) is 6.42 Å². The van der Waals surface area contributed by atoms with E-state index in [4.69, 9.17) is 14.6 Å². The maximum Gasteiger partial charge on any atom is 0.341 e. The minimum Gasteiger partial charge on any atom is -0.479 e. The predicted octanol–water partition coefficient (Wildman–Crippen LogP) is 0.223.